The van der Waals surface area contributed by atoms with Crippen LogP contribution in [0.4, 0.5) is 0 Å². The molecule has 0 atom stereocenters. The molecule has 0 aliphatic heterocycles. The van der Waals surface area contributed by atoms with Crippen LogP contribution in [-0.4, -0.2) is 19.7 Å². The molecule has 94 valence electrons. The largest absolute Gasteiger partial charge is 0.337 e. The summed E-state index contributed by atoms with van der Waals surface area (Å²) >= 11 is 5.65. The molecule has 0 amide bonds. The van der Waals surface area contributed by atoms with Gasteiger partial charge in [0.1, 0.15) is 11.6 Å². The minimum absolute atomic E-state index is 0.0588. The highest BCUT2D eigenvalue weighted by atomic mass is 35.5. The molecule has 7 nitrogen and oxygen atoms in total. The number of aromatic nitrogens is 4. The lowest BCUT2D eigenvalue weighted by Gasteiger charge is -2.00. The summed E-state index contributed by atoms with van der Waals surface area (Å²) in [5.41, 5.74) is -1.17. The maximum atomic E-state index is 11.5. The minimum atomic E-state index is -0.609. The van der Waals surface area contributed by atoms with Gasteiger partial charge in [0.15, 0.2) is 5.82 Å². The predicted octanol–water partition coefficient (Wildman–Crippen LogP) is 0.499. The molecule has 0 unspecified atom stereocenters. The SMILES string of the molecule is O=c1[nH]c(=O)n(Cc2nc(C3CC3)no2)cc1Cl. The molecule has 1 fully saturated rings. The Bertz CT molecular complexity index is 698. The van der Waals surface area contributed by atoms with Crippen molar-refractivity contribution in [2.45, 2.75) is 25.3 Å². The van der Waals surface area contributed by atoms with Gasteiger partial charge in [-0.15, -0.1) is 0 Å². The number of hydrogen-bond acceptors (Lipinski definition) is 5. The number of aromatic amines is 1. The monoisotopic (exact) mass is 268 g/mol. The van der Waals surface area contributed by atoms with Crippen molar-refractivity contribution < 1.29 is 4.52 Å². The van der Waals surface area contributed by atoms with Crippen molar-refractivity contribution in [3.8, 4) is 0 Å². The van der Waals surface area contributed by atoms with Crippen LogP contribution in [0, 0.1) is 0 Å². The van der Waals surface area contributed by atoms with Crippen LogP contribution in [-0.2, 0) is 6.54 Å². The van der Waals surface area contributed by atoms with Crippen LogP contribution in [0.2, 0.25) is 5.02 Å². The second kappa shape index (κ2) is 4.09. The molecular weight excluding hydrogens is 260 g/mol. The molecule has 1 aliphatic rings. The lowest BCUT2D eigenvalue weighted by Crippen LogP contribution is -2.30. The highest BCUT2D eigenvalue weighted by Crippen LogP contribution is 2.38. The van der Waals surface area contributed by atoms with E-state index in [4.69, 9.17) is 16.1 Å². The zero-order chi connectivity index (χ0) is 12.7. The summed E-state index contributed by atoms with van der Waals surface area (Å²) in [4.78, 5) is 28.9. The molecule has 2 aromatic heterocycles. The Kier molecular flexibility index (Phi) is 2.55. The van der Waals surface area contributed by atoms with Gasteiger partial charge in [0.25, 0.3) is 5.56 Å². The summed E-state index contributed by atoms with van der Waals surface area (Å²) in [6.45, 7) is 0.0923. The Morgan fingerprint density at radius 3 is 3.00 bits per heavy atom. The molecular formula is C10H9ClN4O3. The van der Waals surface area contributed by atoms with Crippen molar-refractivity contribution in [2.75, 3.05) is 0 Å². The van der Waals surface area contributed by atoms with Crippen molar-refractivity contribution in [1.82, 2.24) is 19.7 Å². The van der Waals surface area contributed by atoms with Crippen LogP contribution >= 0.6 is 11.6 Å². The van der Waals surface area contributed by atoms with Gasteiger partial charge in [-0.1, -0.05) is 16.8 Å². The van der Waals surface area contributed by atoms with Crippen LogP contribution in [0.5, 0.6) is 0 Å². The number of nitrogens with zero attached hydrogens (tertiary/aromatic N) is 3. The van der Waals surface area contributed by atoms with Gasteiger partial charge in [0, 0.05) is 12.1 Å². The van der Waals surface area contributed by atoms with Crippen molar-refractivity contribution in [3.05, 3.63) is 43.8 Å². The molecule has 0 bridgehead atoms. The average molecular weight is 269 g/mol. The van der Waals surface area contributed by atoms with E-state index in [1.54, 1.807) is 0 Å². The Hall–Kier alpha value is -1.89. The maximum absolute atomic E-state index is 11.5. The second-order valence-electron chi connectivity index (χ2n) is 4.18. The van der Waals surface area contributed by atoms with Gasteiger partial charge in [-0.2, -0.15) is 4.98 Å². The Balaban J connectivity index is 1.89. The maximum Gasteiger partial charge on any atom is 0.328 e. The van der Waals surface area contributed by atoms with Gasteiger partial charge < -0.3 is 4.52 Å². The predicted molar refractivity (Wildman–Crippen MR) is 61.7 cm³/mol. The number of H-pyrrole nitrogens is 1. The minimum Gasteiger partial charge on any atom is -0.337 e. The van der Waals surface area contributed by atoms with Crippen LogP contribution in [0.3, 0.4) is 0 Å². The van der Waals surface area contributed by atoms with E-state index in [0.29, 0.717) is 17.6 Å². The molecule has 1 N–H and O–H groups in total. The number of rotatable bonds is 3. The zero-order valence-corrected chi connectivity index (χ0v) is 9.98. The van der Waals surface area contributed by atoms with E-state index >= 15 is 0 Å². The summed E-state index contributed by atoms with van der Waals surface area (Å²) < 4.78 is 6.26. The fourth-order valence-corrected chi connectivity index (χ4v) is 1.75. The van der Waals surface area contributed by atoms with E-state index in [9.17, 15) is 9.59 Å². The van der Waals surface area contributed by atoms with E-state index in [-0.39, 0.29) is 11.6 Å². The average Bonchev–Trinajstić information content (AvgIpc) is 3.07. The summed E-state index contributed by atoms with van der Waals surface area (Å²) in [5.74, 6) is 1.38. The number of halogens is 1. The first-order chi connectivity index (χ1) is 8.63. The molecule has 2 aromatic rings. The fourth-order valence-electron chi connectivity index (χ4n) is 1.59. The Morgan fingerprint density at radius 1 is 1.50 bits per heavy atom. The molecule has 8 heteroatoms. The molecule has 0 saturated heterocycles. The van der Waals surface area contributed by atoms with Crippen LogP contribution in [0.25, 0.3) is 0 Å². The van der Waals surface area contributed by atoms with E-state index in [0.717, 1.165) is 12.8 Å². The third-order valence-corrected chi connectivity index (χ3v) is 2.97. The first-order valence-electron chi connectivity index (χ1n) is 5.45. The summed E-state index contributed by atoms with van der Waals surface area (Å²) in [5, 5.41) is 3.78. The Labute approximate surface area is 105 Å². The van der Waals surface area contributed by atoms with Gasteiger partial charge >= 0.3 is 5.69 Å². The van der Waals surface area contributed by atoms with Crippen molar-refractivity contribution >= 4 is 11.6 Å². The fraction of sp³-hybridized carbons (Fsp3) is 0.400. The van der Waals surface area contributed by atoms with Gasteiger partial charge in [0.05, 0.1) is 0 Å². The van der Waals surface area contributed by atoms with Crippen LogP contribution in [0.1, 0.15) is 30.5 Å². The summed E-state index contributed by atoms with van der Waals surface area (Å²) in [6, 6.07) is 0. The second-order valence-corrected chi connectivity index (χ2v) is 4.59. The Morgan fingerprint density at radius 2 is 2.28 bits per heavy atom. The van der Waals surface area contributed by atoms with Gasteiger partial charge in [0.2, 0.25) is 5.89 Å². The first-order valence-corrected chi connectivity index (χ1v) is 5.83. The summed E-state index contributed by atoms with van der Waals surface area (Å²) in [7, 11) is 0. The first kappa shape index (κ1) is 11.2. The smallest absolute Gasteiger partial charge is 0.328 e. The lowest BCUT2D eigenvalue weighted by atomic mass is 10.4. The van der Waals surface area contributed by atoms with E-state index < -0.39 is 11.2 Å². The topological polar surface area (TPSA) is 93.8 Å². The number of nitrogens with one attached hydrogen (secondary N) is 1. The van der Waals surface area contributed by atoms with Gasteiger partial charge in [-0.3, -0.25) is 14.3 Å². The van der Waals surface area contributed by atoms with Gasteiger partial charge in [-0.05, 0) is 12.8 Å². The quantitative estimate of drug-likeness (QED) is 0.875. The summed E-state index contributed by atoms with van der Waals surface area (Å²) in [6.07, 6.45) is 3.40. The van der Waals surface area contributed by atoms with Crippen molar-refractivity contribution in [1.29, 1.82) is 0 Å². The molecule has 18 heavy (non-hydrogen) atoms. The third kappa shape index (κ3) is 2.08. The highest BCUT2D eigenvalue weighted by molar-refractivity contribution is 6.30. The standard InChI is InChI=1S/C10H9ClN4O3/c11-6-3-15(10(17)13-9(6)16)4-7-12-8(14-18-7)5-1-2-5/h3,5H,1-2,4H2,(H,13,16,17). The zero-order valence-electron chi connectivity index (χ0n) is 9.22. The highest BCUT2D eigenvalue weighted by Gasteiger charge is 2.28. The van der Waals surface area contributed by atoms with E-state index in [2.05, 4.69) is 15.1 Å². The molecule has 0 spiro atoms. The van der Waals surface area contributed by atoms with Gasteiger partial charge in [-0.25, -0.2) is 4.79 Å². The van der Waals surface area contributed by atoms with Crippen LogP contribution < -0.4 is 11.2 Å². The van der Waals surface area contributed by atoms with Crippen molar-refractivity contribution in [2.24, 2.45) is 0 Å². The van der Waals surface area contributed by atoms with Crippen molar-refractivity contribution in [3.63, 3.8) is 0 Å². The molecule has 2 heterocycles. The molecule has 1 aliphatic carbocycles. The molecule has 0 aromatic carbocycles. The van der Waals surface area contributed by atoms with E-state index in [1.807, 2.05) is 0 Å². The van der Waals surface area contributed by atoms with Crippen LogP contribution in [0.15, 0.2) is 20.3 Å². The molecule has 1 saturated carbocycles. The normalized spacial score (nSPS) is 14.9. The molecule has 0 radical (unpaired) electrons. The number of hydrogen-bond donors (Lipinski definition) is 1. The third-order valence-electron chi connectivity index (χ3n) is 2.70. The van der Waals surface area contributed by atoms with E-state index in [1.165, 1.54) is 10.8 Å². The molecule has 3 rings (SSSR count). The lowest BCUT2D eigenvalue weighted by molar-refractivity contribution is 0.364.